The van der Waals surface area contributed by atoms with Crippen LogP contribution >= 0.6 is 11.8 Å². The van der Waals surface area contributed by atoms with Gasteiger partial charge in [0, 0.05) is 5.75 Å². The third-order valence-corrected chi connectivity index (χ3v) is 4.22. The van der Waals surface area contributed by atoms with Gasteiger partial charge >= 0.3 is 5.97 Å². The SMILES string of the molecule is O=C(O)Cn1c(SCCc2ccccc2)nc2c#cccc21. The van der Waals surface area contributed by atoms with Gasteiger partial charge in [-0.2, -0.15) is 0 Å². The van der Waals surface area contributed by atoms with Crippen LogP contribution in [0.3, 0.4) is 0 Å². The predicted molar refractivity (Wildman–Crippen MR) is 85.9 cm³/mol. The summed E-state index contributed by atoms with van der Waals surface area (Å²) in [4.78, 5) is 15.6. The van der Waals surface area contributed by atoms with Gasteiger partial charge in [0.15, 0.2) is 5.16 Å². The van der Waals surface area contributed by atoms with Crippen LogP contribution in [0, 0.1) is 12.1 Å². The van der Waals surface area contributed by atoms with Crippen LogP contribution in [0.5, 0.6) is 0 Å². The Morgan fingerprint density at radius 1 is 1.27 bits per heavy atom. The van der Waals surface area contributed by atoms with Crippen LogP contribution in [-0.2, 0) is 17.8 Å². The van der Waals surface area contributed by atoms with E-state index < -0.39 is 5.97 Å². The Balaban J connectivity index is 1.78. The van der Waals surface area contributed by atoms with Crippen molar-refractivity contribution >= 4 is 28.8 Å². The monoisotopic (exact) mass is 310 g/mol. The first kappa shape index (κ1) is 14.5. The van der Waals surface area contributed by atoms with E-state index in [2.05, 4.69) is 29.2 Å². The number of nitrogens with zero attached hydrogens (tertiary/aromatic N) is 2. The summed E-state index contributed by atoms with van der Waals surface area (Å²) in [7, 11) is 0. The largest absolute Gasteiger partial charge is 0.480 e. The summed E-state index contributed by atoms with van der Waals surface area (Å²) < 4.78 is 1.72. The number of rotatable bonds is 6. The highest BCUT2D eigenvalue weighted by atomic mass is 32.2. The van der Waals surface area contributed by atoms with Gasteiger partial charge in [-0.05, 0) is 30.2 Å². The topological polar surface area (TPSA) is 55.1 Å². The number of carbonyl (C=O) groups is 1. The molecule has 3 rings (SSSR count). The molecule has 0 atom stereocenters. The summed E-state index contributed by atoms with van der Waals surface area (Å²) in [5.41, 5.74) is 2.70. The first-order valence-electron chi connectivity index (χ1n) is 6.91. The minimum Gasteiger partial charge on any atom is -0.480 e. The van der Waals surface area contributed by atoms with Gasteiger partial charge < -0.3 is 9.67 Å². The molecule has 1 N–H and O–H groups in total. The van der Waals surface area contributed by atoms with Gasteiger partial charge in [0.25, 0.3) is 0 Å². The highest BCUT2D eigenvalue weighted by Crippen LogP contribution is 2.23. The van der Waals surface area contributed by atoms with Crippen LogP contribution in [0.15, 0.2) is 47.6 Å². The molecule has 4 nitrogen and oxygen atoms in total. The number of carboxylic acids is 1. The van der Waals surface area contributed by atoms with E-state index in [-0.39, 0.29) is 6.54 Å². The van der Waals surface area contributed by atoms with E-state index in [4.69, 9.17) is 5.11 Å². The van der Waals surface area contributed by atoms with Crippen LogP contribution < -0.4 is 0 Å². The van der Waals surface area contributed by atoms with Gasteiger partial charge in [0.05, 0.1) is 5.52 Å². The van der Waals surface area contributed by atoms with Gasteiger partial charge in [0.1, 0.15) is 12.1 Å². The molecule has 0 bridgehead atoms. The van der Waals surface area contributed by atoms with Gasteiger partial charge in [0.2, 0.25) is 0 Å². The van der Waals surface area contributed by atoms with E-state index in [1.807, 2.05) is 24.3 Å². The first-order chi connectivity index (χ1) is 10.7. The summed E-state index contributed by atoms with van der Waals surface area (Å²) in [6.45, 7) is -0.0952. The number of hydrogen-bond acceptors (Lipinski definition) is 3. The molecule has 0 radical (unpaired) electrons. The molecule has 5 heteroatoms. The Bertz CT molecular complexity index is 784. The molecule has 22 heavy (non-hydrogen) atoms. The second-order valence-corrected chi connectivity index (χ2v) is 5.86. The van der Waals surface area contributed by atoms with Crippen molar-refractivity contribution < 1.29 is 9.90 Å². The van der Waals surface area contributed by atoms with Crippen LogP contribution in [0.4, 0.5) is 0 Å². The highest BCUT2D eigenvalue weighted by Gasteiger charge is 2.13. The van der Waals surface area contributed by atoms with Crippen LogP contribution in [0.2, 0.25) is 0 Å². The fourth-order valence-electron chi connectivity index (χ4n) is 2.24. The number of aliphatic carboxylic acids is 1. The molecule has 1 aromatic heterocycles. The number of aryl methyl sites for hydroxylation is 1. The number of benzene rings is 1. The maximum atomic E-state index is 11.1. The van der Waals surface area contributed by atoms with Crippen molar-refractivity contribution in [3.8, 4) is 0 Å². The zero-order chi connectivity index (χ0) is 15.4. The third kappa shape index (κ3) is 3.23. The Labute approximate surface area is 132 Å². The molecule has 0 unspecified atom stereocenters. The maximum absolute atomic E-state index is 11.1. The van der Waals surface area contributed by atoms with E-state index in [1.165, 1.54) is 5.56 Å². The van der Waals surface area contributed by atoms with Gasteiger partial charge in [-0.3, -0.25) is 4.79 Å². The van der Waals surface area contributed by atoms with Gasteiger partial charge in [-0.1, -0.05) is 48.2 Å². The van der Waals surface area contributed by atoms with E-state index in [9.17, 15) is 4.79 Å². The zero-order valence-corrected chi connectivity index (χ0v) is 12.6. The molecule has 0 amide bonds. The smallest absolute Gasteiger partial charge is 0.323 e. The second kappa shape index (κ2) is 6.54. The van der Waals surface area contributed by atoms with Crippen LogP contribution in [0.25, 0.3) is 11.0 Å². The van der Waals surface area contributed by atoms with E-state index in [0.29, 0.717) is 10.7 Å². The van der Waals surface area contributed by atoms with Crippen molar-refractivity contribution in [3.05, 3.63) is 60.2 Å². The van der Waals surface area contributed by atoms with Crippen LogP contribution in [0.1, 0.15) is 5.56 Å². The fourth-order valence-corrected chi connectivity index (χ4v) is 3.23. The lowest BCUT2D eigenvalue weighted by Crippen LogP contribution is -2.09. The molecule has 0 spiro atoms. The van der Waals surface area contributed by atoms with Crippen molar-refractivity contribution in [1.82, 2.24) is 9.55 Å². The molecule has 0 aliphatic rings. The number of thioether (sulfide) groups is 1. The number of carboxylic acid groups (broad SMARTS) is 1. The summed E-state index contributed by atoms with van der Waals surface area (Å²) in [5.74, 6) is -0.0338. The Morgan fingerprint density at radius 3 is 2.86 bits per heavy atom. The molecule has 1 heterocycles. The molecule has 0 aliphatic carbocycles. The van der Waals surface area contributed by atoms with Crippen molar-refractivity contribution in [2.75, 3.05) is 5.75 Å². The average molecular weight is 310 g/mol. The normalized spacial score (nSPS) is 10.5. The van der Waals surface area contributed by atoms with Crippen molar-refractivity contribution in [2.45, 2.75) is 18.1 Å². The van der Waals surface area contributed by atoms with Crippen LogP contribution in [-0.4, -0.2) is 26.4 Å². The molecule has 2 aromatic carbocycles. The third-order valence-electron chi connectivity index (χ3n) is 3.24. The average Bonchev–Trinajstić information content (AvgIpc) is 2.86. The first-order valence-corrected chi connectivity index (χ1v) is 7.90. The summed E-state index contributed by atoms with van der Waals surface area (Å²) in [6.07, 6.45) is 0.914. The minimum atomic E-state index is -0.878. The number of imidazole rings is 1. The lowest BCUT2D eigenvalue weighted by atomic mass is 10.2. The maximum Gasteiger partial charge on any atom is 0.323 e. The standard InChI is InChI=1S/C17H14N2O2S/c20-16(21)12-19-15-9-5-4-8-14(15)18-17(19)22-11-10-13-6-2-1-3-7-13/h1-3,5-7,9H,10-12H2,(H,20,21). The summed E-state index contributed by atoms with van der Waals surface area (Å²) >= 11 is 1.56. The minimum absolute atomic E-state index is 0.0952. The summed E-state index contributed by atoms with van der Waals surface area (Å²) in [5, 5.41) is 9.81. The fraction of sp³-hybridized carbons (Fsp3) is 0.176. The Hall–Kier alpha value is -2.45. The second-order valence-electron chi connectivity index (χ2n) is 4.79. The van der Waals surface area contributed by atoms with Crippen molar-refractivity contribution in [1.29, 1.82) is 0 Å². The van der Waals surface area contributed by atoms with Crippen molar-refractivity contribution in [3.63, 3.8) is 0 Å². The van der Waals surface area contributed by atoms with E-state index >= 15 is 0 Å². The predicted octanol–water partition coefficient (Wildman–Crippen LogP) is 3.06. The van der Waals surface area contributed by atoms with Gasteiger partial charge in [-0.25, -0.2) is 4.98 Å². The molecule has 0 saturated carbocycles. The number of hydrogen-bond donors (Lipinski definition) is 1. The number of aromatic nitrogens is 2. The van der Waals surface area contributed by atoms with Crippen molar-refractivity contribution in [2.24, 2.45) is 0 Å². The Kier molecular flexibility index (Phi) is 4.31. The molecule has 110 valence electrons. The molecular formula is C17H14N2O2S. The highest BCUT2D eigenvalue weighted by molar-refractivity contribution is 7.99. The molecular weight excluding hydrogens is 296 g/mol. The molecule has 0 saturated heterocycles. The lowest BCUT2D eigenvalue weighted by Gasteiger charge is -2.05. The molecule has 0 fully saturated rings. The Morgan fingerprint density at radius 2 is 2.09 bits per heavy atom. The summed E-state index contributed by atoms with van der Waals surface area (Å²) in [6, 6.07) is 19.5. The van der Waals surface area contributed by atoms with E-state index in [0.717, 1.165) is 17.7 Å². The van der Waals surface area contributed by atoms with E-state index in [1.54, 1.807) is 22.4 Å². The number of fused-ring (bicyclic) bond motifs is 1. The van der Waals surface area contributed by atoms with Gasteiger partial charge in [-0.15, -0.1) is 0 Å². The molecule has 3 aromatic rings. The molecule has 0 aliphatic heterocycles. The zero-order valence-electron chi connectivity index (χ0n) is 11.8. The quantitative estimate of drug-likeness (QED) is 0.711. The lowest BCUT2D eigenvalue weighted by molar-refractivity contribution is -0.137.